The van der Waals surface area contributed by atoms with Crippen molar-refractivity contribution >= 4 is 23.2 Å². The first kappa shape index (κ1) is 12.8. The van der Waals surface area contributed by atoms with E-state index in [0.717, 1.165) is 0 Å². The van der Waals surface area contributed by atoms with Gasteiger partial charge in [0, 0.05) is 17.1 Å². The van der Waals surface area contributed by atoms with Crippen LogP contribution in [0.3, 0.4) is 0 Å². The van der Waals surface area contributed by atoms with E-state index in [2.05, 4.69) is 5.32 Å². The van der Waals surface area contributed by atoms with E-state index in [4.69, 9.17) is 11.6 Å². The molecule has 1 aromatic carbocycles. The average Bonchev–Trinajstić information content (AvgIpc) is 2.18. The number of alkyl halides is 3. The van der Waals surface area contributed by atoms with E-state index in [0.29, 0.717) is 10.7 Å². The number of carbonyl (C=O) groups excluding carboxylic acids is 1. The number of anilines is 1. The monoisotopic (exact) mass is 251 g/mol. The van der Waals surface area contributed by atoms with E-state index < -0.39 is 24.9 Å². The molecule has 0 radical (unpaired) electrons. The molecule has 16 heavy (non-hydrogen) atoms. The molecule has 1 rings (SSSR count). The molecule has 0 saturated carbocycles. The largest absolute Gasteiger partial charge is 0.389 e. The number of nitrogens with one attached hydrogen (secondary N) is 1. The van der Waals surface area contributed by atoms with Crippen molar-refractivity contribution in [3.05, 3.63) is 29.3 Å². The number of amides is 1. The van der Waals surface area contributed by atoms with Gasteiger partial charge in [0.25, 0.3) is 0 Å². The molecule has 0 heterocycles. The lowest BCUT2D eigenvalue weighted by Crippen LogP contribution is -2.16. The van der Waals surface area contributed by atoms with Crippen molar-refractivity contribution in [2.45, 2.75) is 19.0 Å². The third-order valence-electron chi connectivity index (χ3n) is 1.76. The predicted octanol–water partition coefficient (Wildman–Crippen LogP) is 3.62. The number of rotatable bonds is 3. The van der Waals surface area contributed by atoms with Gasteiger partial charge < -0.3 is 5.32 Å². The Morgan fingerprint density at radius 1 is 1.25 bits per heavy atom. The zero-order valence-corrected chi connectivity index (χ0v) is 8.90. The fourth-order valence-corrected chi connectivity index (χ4v) is 1.14. The molecule has 0 aliphatic rings. The lowest BCUT2D eigenvalue weighted by molar-refractivity contribution is -0.142. The van der Waals surface area contributed by atoms with Crippen LogP contribution in [0, 0.1) is 0 Å². The third-order valence-corrected chi connectivity index (χ3v) is 2.02. The van der Waals surface area contributed by atoms with Gasteiger partial charge in [-0.2, -0.15) is 13.2 Å². The van der Waals surface area contributed by atoms with Crippen molar-refractivity contribution < 1.29 is 18.0 Å². The van der Waals surface area contributed by atoms with E-state index in [9.17, 15) is 18.0 Å². The molecular formula is C10H9ClF3NO. The van der Waals surface area contributed by atoms with Gasteiger partial charge in [0.1, 0.15) is 0 Å². The van der Waals surface area contributed by atoms with Gasteiger partial charge in [0.15, 0.2) is 0 Å². The lowest BCUT2D eigenvalue weighted by atomic mass is 10.2. The summed E-state index contributed by atoms with van der Waals surface area (Å²) < 4.78 is 35.4. The van der Waals surface area contributed by atoms with Crippen LogP contribution in [0.15, 0.2) is 24.3 Å². The van der Waals surface area contributed by atoms with Crippen LogP contribution < -0.4 is 5.32 Å². The second-order valence-corrected chi connectivity index (χ2v) is 3.61. The summed E-state index contributed by atoms with van der Waals surface area (Å²) in [4.78, 5) is 11.1. The van der Waals surface area contributed by atoms with Gasteiger partial charge in [-0.1, -0.05) is 11.6 Å². The molecule has 0 bridgehead atoms. The van der Waals surface area contributed by atoms with Crippen LogP contribution in [0.1, 0.15) is 12.8 Å². The maximum Gasteiger partial charge on any atom is 0.389 e. The summed E-state index contributed by atoms with van der Waals surface area (Å²) >= 11 is 5.61. The molecular weight excluding hydrogens is 243 g/mol. The Balaban J connectivity index is 2.43. The molecule has 1 amide bonds. The Morgan fingerprint density at radius 2 is 1.81 bits per heavy atom. The maximum absolute atomic E-state index is 11.8. The molecule has 1 N–H and O–H groups in total. The van der Waals surface area contributed by atoms with Crippen LogP contribution in [0.5, 0.6) is 0 Å². The van der Waals surface area contributed by atoms with Gasteiger partial charge in [-0.3, -0.25) is 4.79 Å². The highest BCUT2D eigenvalue weighted by molar-refractivity contribution is 6.30. The van der Waals surface area contributed by atoms with Gasteiger partial charge in [-0.15, -0.1) is 0 Å². The van der Waals surface area contributed by atoms with Gasteiger partial charge in [-0.05, 0) is 24.3 Å². The van der Waals surface area contributed by atoms with Gasteiger partial charge >= 0.3 is 6.18 Å². The number of benzene rings is 1. The SMILES string of the molecule is O=C(CCC(F)(F)F)Nc1ccc(Cl)cc1. The quantitative estimate of drug-likeness (QED) is 0.873. The van der Waals surface area contributed by atoms with Crippen LogP contribution in [0.2, 0.25) is 5.02 Å². The highest BCUT2D eigenvalue weighted by Gasteiger charge is 2.27. The molecule has 88 valence electrons. The molecule has 0 atom stereocenters. The lowest BCUT2D eigenvalue weighted by Gasteiger charge is -2.07. The normalized spacial score (nSPS) is 11.2. The molecule has 2 nitrogen and oxygen atoms in total. The van der Waals surface area contributed by atoms with Gasteiger partial charge in [-0.25, -0.2) is 0 Å². The molecule has 0 aromatic heterocycles. The van der Waals surface area contributed by atoms with Crippen LogP contribution in [0.25, 0.3) is 0 Å². The van der Waals surface area contributed by atoms with E-state index in [-0.39, 0.29) is 0 Å². The zero-order chi connectivity index (χ0) is 12.2. The van der Waals surface area contributed by atoms with Crippen LogP contribution in [-0.2, 0) is 4.79 Å². The standard InChI is InChI=1S/C10H9ClF3NO/c11-7-1-3-8(4-2-7)15-9(16)5-6-10(12,13)14/h1-4H,5-6H2,(H,15,16). The topological polar surface area (TPSA) is 29.1 Å². The summed E-state index contributed by atoms with van der Waals surface area (Å²) in [6.07, 6.45) is -6.00. The summed E-state index contributed by atoms with van der Waals surface area (Å²) in [5, 5.41) is 2.84. The van der Waals surface area contributed by atoms with Crippen LogP contribution >= 0.6 is 11.6 Å². The fraction of sp³-hybridized carbons (Fsp3) is 0.300. The molecule has 1 aromatic rings. The molecule has 0 aliphatic carbocycles. The van der Waals surface area contributed by atoms with Gasteiger partial charge in [0.2, 0.25) is 5.91 Å². The van der Waals surface area contributed by atoms with E-state index in [1.807, 2.05) is 0 Å². The molecule has 0 fully saturated rings. The Morgan fingerprint density at radius 3 is 2.31 bits per heavy atom. The van der Waals surface area contributed by atoms with Crippen molar-refractivity contribution in [1.82, 2.24) is 0 Å². The maximum atomic E-state index is 11.8. The average molecular weight is 252 g/mol. The van der Waals surface area contributed by atoms with Crippen molar-refractivity contribution in [1.29, 1.82) is 0 Å². The molecule has 0 aliphatic heterocycles. The van der Waals surface area contributed by atoms with Crippen molar-refractivity contribution in [3.8, 4) is 0 Å². The fourth-order valence-electron chi connectivity index (χ4n) is 1.01. The highest BCUT2D eigenvalue weighted by Crippen LogP contribution is 2.21. The summed E-state index contributed by atoms with van der Waals surface area (Å²) in [5.41, 5.74) is 0.427. The minimum absolute atomic E-state index is 0.427. The minimum atomic E-state index is -4.31. The molecule has 6 heteroatoms. The van der Waals surface area contributed by atoms with Crippen molar-refractivity contribution in [2.24, 2.45) is 0 Å². The van der Waals surface area contributed by atoms with E-state index in [1.54, 1.807) is 12.1 Å². The first-order valence-electron chi connectivity index (χ1n) is 4.49. The second-order valence-electron chi connectivity index (χ2n) is 3.17. The van der Waals surface area contributed by atoms with Crippen molar-refractivity contribution in [2.75, 3.05) is 5.32 Å². The highest BCUT2D eigenvalue weighted by atomic mass is 35.5. The Bertz CT molecular complexity index is 361. The third kappa shape index (κ3) is 5.02. The molecule has 0 spiro atoms. The smallest absolute Gasteiger partial charge is 0.326 e. The summed E-state index contributed by atoms with van der Waals surface area (Å²) in [7, 11) is 0. The first-order valence-corrected chi connectivity index (χ1v) is 4.87. The summed E-state index contributed by atoms with van der Waals surface area (Å²) in [6.45, 7) is 0. The first-order chi connectivity index (χ1) is 7.37. The Labute approximate surface area is 95.4 Å². The number of hydrogen-bond donors (Lipinski definition) is 1. The van der Waals surface area contributed by atoms with E-state index >= 15 is 0 Å². The predicted molar refractivity (Wildman–Crippen MR) is 55.4 cm³/mol. The number of halogens is 4. The molecule has 0 unspecified atom stereocenters. The van der Waals surface area contributed by atoms with Crippen molar-refractivity contribution in [3.63, 3.8) is 0 Å². The Hall–Kier alpha value is -1.23. The van der Waals surface area contributed by atoms with E-state index in [1.165, 1.54) is 12.1 Å². The number of carbonyl (C=O) groups is 1. The molecule has 0 saturated heterocycles. The summed E-state index contributed by atoms with van der Waals surface area (Å²) in [6, 6.07) is 6.13. The Kier molecular flexibility index (Phi) is 4.18. The number of hydrogen-bond acceptors (Lipinski definition) is 1. The van der Waals surface area contributed by atoms with Crippen LogP contribution in [-0.4, -0.2) is 12.1 Å². The minimum Gasteiger partial charge on any atom is -0.326 e. The zero-order valence-electron chi connectivity index (χ0n) is 8.14. The van der Waals surface area contributed by atoms with Crippen LogP contribution in [0.4, 0.5) is 18.9 Å². The second kappa shape index (κ2) is 5.21. The van der Waals surface area contributed by atoms with Gasteiger partial charge in [0.05, 0.1) is 6.42 Å². The summed E-state index contributed by atoms with van der Waals surface area (Å²) in [5.74, 6) is -0.667.